The summed E-state index contributed by atoms with van der Waals surface area (Å²) < 4.78 is 6.80. The Bertz CT molecular complexity index is 477. The molecule has 1 atom stereocenters. The molecule has 2 aromatic rings. The maximum atomic E-state index is 5.77. The standard InChI is InChI=1S/C11H15N5O/c1-8(12)11-13-14-15-16(11)7-9-3-5-10(17-2)6-4-9/h3-6,8H,7,12H2,1-2H3. The van der Waals surface area contributed by atoms with Crippen molar-refractivity contribution in [1.82, 2.24) is 20.2 Å². The lowest BCUT2D eigenvalue weighted by Gasteiger charge is -2.07. The van der Waals surface area contributed by atoms with E-state index in [-0.39, 0.29) is 6.04 Å². The van der Waals surface area contributed by atoms with Gasteiger partial charge in [0.1, 0.15) is 5.75 Å². The van der Waals surface area contributed by atoms with E-state index in [1.807, 2.05) is 31.2 Å². The number of hydrogen-bond donors (Lipinski definition) is 1. The van der Waals surface area contributed by atoms with Crippen LogP contribution < -0.4 is 10.5 Å². The predicted octanol–water partition coefficient (Wildman–Crippen LogP) is 0.750. The summed E-state index contributed by atoms with van der Waals surface area (Å²) >= 11 is 0. The fourth-order valence-corrected chi connectivity index (χ4v) is 1.55. The number of nitrogens with two attached hydrogens (primary N) is 1. The number of benzene rings is 1. The molecule has 1 heterocycles. The minimum absolute atomic E-state index is 0.178. The molecule has 0 spiro atoms. The molecule has 0 saturated heterocycles. The number of hydrogen-bond acceptors (Lipinski definition) is 5. The average Bonchev–Trinajstić information content (AvgIpc) is 2.78. The first kappa shape index (κ1) is 11.5. The normalized spacial score (nSPS) is 12.4. The first-order chi connectivity index (χ1) is 8.20. The minimum atomic E-state index is -0.178. The van der Waals surface area contributed by atoms with Crippen LogP contribution in [0.2, 0.25) is 0 Å². The van der Waals surface area contributed by atoms with Crippen LogP contribution in [0.1, 0.15) is 24.4 Å². The molecular formula is C11H15N5O. The maximum Gasteiger partial charge on any atom is 0.168 e. The Morgan fingerprint density at radius 3 is 2.65 bits per heavy atom. The van der Waals surface area contributed by atoms with Crippen LogP contribution in [0.3, 0.4) is 0 Å². The number of methoxy groups -OCH3 is 1. The van der Waals surface area contributed by atoms with Crippen LogP contribution in [0, 0.1) is 0 Å². The lowest BCUT2D eigenvalue weighted by Crippen LogP contribution is -2.15. The number of tetrazole rings is 1. The fraction of sp³-hybridized carbons (Fsp3) is 0.364. The highest BCUT2D eigenvalue weighted by atomic mass is 16.5. The van der Waals surface area contributed by atoms with Crippen LogP contribution in [0.4, 0.5) is 0 Å². The van der Waals surface area contributed by atoms with Gasteiger partial charge in [-0.3, -0.25) is 0 Å². The van der Waals surface area contributed by atoms with E-state index >= 15 is 0 Å². The Hall–Kier alpha value is -1.95. The van der Waals surface area contributed by atoms with Crippen LogP contribution in [0.15, 0.2) is 24.3 Å². The summed E-state index contributed by atoms with van der Waals surface area (Å²) in [6.45, 7) is 2.46. The zero-order valence-corrected chi connectivity index (χ0v) is 9.87. The first-order valence-electron chi connectivity index (χ1n) is 5.35. The van der Waals surface area contributed by atoms with E-state index in [4.69, 9.17) is 10.5 Å². The van der Waals surface area contributed by atoms with E-state index in [0.29, 0.717) is 12.4 Å². The lowest BCUT2D eigenvalue weighted by atomic mass is 10.2. The average molecular weight is 233 g/mol. The van der Waals surface area contributed by atoms with Crippen LogP contribution in [-0.4, -0.2) is 27.3 Å². The largest absolute Gasteiger partial charge is 0.497 e. The van der Waals surface area contributed by atoms with Gasteiger partial charge in [0.15, 0.2) is 5.82 Å². The molecule has 0 amide bonds. The molecule has 0 aliphatic rings. The van der Waals surface area contributed by atoms with Crippen molar-refractivity contribution in [1.29, 1.82) is 0 Å². The molecule has 0 bridgehead atoms. The molecule has 0 aliphatic carbocycles. The second-order valence-corrected chi connectivity index (χ2v) is 3.83. The van der Waals surface area contributed by atoms with Gasteiger partial charge in [-0.15, -0.1) is 5.10 Å². The zero-order chi connectivity index (χ0) is 12.3. The zero-order valence-electron chi connectivity index (χ0n) is 9.87. The molecule has 6 nitrogen and oxygen atoms in total. The molecule has 1 aromatic heterocycles. The third-order valence-electron chi connectivity index (χ3n) is 2.46. The van der Waals surface area contributed by atoms with Crippen LogP contribution in [0.25, 0.3) is 0 Å². The van der Waals surface area contributed by atoms with Crippen molar-refractivity contribution in [3.05, 3.63) is 35.7 Å². The van der Waals surface area contributed by atoms with E-state index in [9.17, 15) is 0 Å². The molecule has 2 N–H and O–H groups in total. The minimum Gasteiger partial charge on any atom is -0.497 e. The highest BCUT2D eigenvalue weighted by Crippen LogP contribution is 2.13. The Balaban J connectivity index is 2.16. The number of nitrogens with zero attached hydrogens (tertiary/aromatic N) is 4. The van der Waals surface area contributed by atoms with Gasteiger partial charge in [-0.05, 0) is 35.0 Å². The Kier molecular flexibility index (Phi) is 3.34. The molecule has 0 fully saturated rings. The van der Waals surface area contributed by atoms with Crippen molar-refractivity contribution >= 4 is 0 Å². The highest BCUT2D eigenvalue weighted by molar-refractivity contribution is 5.27. The molecule has 0 aliphatic heterocycles. The molecule has 0 radical (unpaired) electrons. The van der Waals surface area contributed by atoms with Gasteiger partial charge in [0.25, 0.3) is 0 Å². The molecule has 0 saturated carbocycles. The fourth-order valence-electron chi connectivity index (χ4n) is 1.55. The molecule has 6 heteroatoms. The van der Waals surface area contributed by atoms with Gasteiger partial charge >= 0.3 is 0 Å². The van der Waals surface area contributed by atoms with E-state index in [2.05, 4.69) is 15.5 Å². The van der Waals surface area contributed by atoms with Gasteiger partial charge in [-0.1, -0.05) is 12.1 Å². The van der Waals surface area contributed by atoms with Crippen molar-refractivity contribution in [2.75, 3.05) is 7.11 Å². The molecule has 17 heavy (non-hydrogen) atoms. The van der Waals surface area contributed by atoms with Gasteiger partial charge < -0.3 is 10.5 Å². The monoisotopic (exact) mass is 233 g/mol. The first-order valence-corrected chi connectivity index (χ1v) is 5.35. The smallest absolute Gasteiger partial charge is 0.168 e. The summed E-state index contributed by atoms with van der Waals surface area (Å²) in [5.74, 6) is 1.51. The van der Waals surface area contributed by atoms with Crippen molar-refractivity contribution in [3.8, 4) is 5.75 Å². The van der Waals surface area contributed by atoms with Crippen LogP contribution in [0.5, 0.6) is 5.75 Å². The van der Waals surface area contributed by atoms with Crippen LogP contribution >= 0.6 is 0 Å². The molecule has 90 valence electrons. The van der Waals surface area contributed by atoms with E-state index in [1.165, 1.54) is 0 Å². The number of ether oxygens (including phenoxy) is 1. The number of rotatable bonds is 4. The van der Waals surface area contributed by atoms with Crippen molar-refractivity contribution in [3.63, 3.8) is 0 Å². The van der Waals surface area contributed by atoms with Gasteiger partial charge in [-0.2, -0.15) is 0 Å². The Morgan fingerprint density at radius 1 is 1.35 bits per heavy atom. The summed E-state index contributed by atoms with van der Waals surface area (Å²) in [5, 5.41) is 11.4. The maximum absolute atomic E-state index is 5.77. The summed E-state index contributed by atoms with van der Waals surface area (Å²) in [5.41, 5.74) is 6.87. The van der Waals surface area contributed by atoms with Crippen molar-refractivity contribution < 1.29 is 4.74 Å². The van der Waals surface area contributed by atoms with Crippen molar-refractivity contribution in [2.24, 2.45) is 5.73 Å². The quantitative estimate of drug-likeness (QED) is 0.843. The van der Waals surface area contributed by atoms with Crippen LogP contribution in [-0.2, 0) is 6.54 Å². The van der Waals surface area contributed by atoms with Gasteiger partial charge in [0.2, 0.25) is 0 Å². The Labute approximate surface area is 99.4 Å². The predicted molar refractivity (Wildman–Crippen MR) is 62.5 cm³/mol. The molecule has 1 aromatic carbocycles. The topological polar surface area (TPSA) is 78.8 Å². The van der Waals surface area contributed by atoms with Crippen molar-refractivity contribution in [2.45, 2.75) is 19.5 Å². The molecule has 1 unspecified atom stereocenters. The van der Waals surface area contributed by atoms with E-state index in [0.717, 1.165) is 11.3 Å². The lowest BCUT2D eigenvalue weighted by molar-refractivity contribution is 0.414. The second kappa shape index (κ2) is 4.92. The third-order valence-corrected chi connectivity index (χ3v) is 2.46. The van der Waals surface area contributed by atoms with Gasteiger partial charge in [-0.25, -0.2) is 4.68 Å². The summed E-state index contributed by atoms with van der Waals surface area (Å²) in [6.07, 6.45) is 0. The van der Waals surface area contributed by atoms with E-state index < -0.39 is 0 Å². The summed E-state index contributed by atoms with van der Waals surface area (Å²) in [7, 11) is 1.64. The SMILES string of the molecule is COc1ccc(Cn2nnnc2C(C)N)cc1. The molecular weight excluding hydrogens is 218 g/mol. The van der Waals surface area contributed by atoms with Gasteiger partial charge in [0, 0.05) is 0 Å². The second-order valence-electron chi connectivity index (χ2n) is 3.83. The number of aromatic nitrogens is 4. The van der Waals surface area contributed by atoms with Gasteiger partial charge in [0.05, 0.1) is 19.7 Å². The third kappa shape index (κ3) is 2.59. The molecule has 2 rings (SSSR count). The Morgan fingerprint density at radius 2 is 2.06 bits per heavy atom. The van der Waals surface area contributed by atoms with E-state index in [1.54, 1.807) is 11.8 Å². The highest BCUT2D eigenvalue weighted by Gasteiger charge is 2.10. The summed E-state index contributed by atoms with van der Waals surface area (Å²) in [4.78, 5) is 0. The summed E-state index contributed by atoms with van der Waals surface area (Å²) in [6, 6.07) is 7.59.